The number of nitrogens with zero attached hydrogens (tertiary/aromatic N) is 1. The number of piperidine rings is 1. The minimum atomic E-state index is -3.81. The van der Waals surface area contributed by atoms with Gasteiger partial charge in [-0.3, -0.25) is 9.52 Å². The van der Waals surface area contributed by atoms with Crippen LogP contribution >= 0.6 is 11.8 Å². The van der Waals surface area contributed by atoms with Crippen LogP contribution in [0.1, 0.15) is 41.3 Å². The number of benzene rings is 2. The highest BCUT2D eigenvalue weighted by molar-refractivity contribution is 7.98. The van der Waals surface area contributed by atoms with Crippen molar-refractivity contribution >= 4 is 33.4 Å². The van der Waals surface area contributed by atoms with Crippen LogP contribution in [0.3, 0.4) is 0 Å². The van der Waals surface area contributed by atoms with Crippen molar-refractivity contribution in [1.82, 2.24) is 4.90 Å². The van der Waals surface area contributed by atoms with Gasteiger partial charge in [0.2, 0.25) is 0 Å². The van der Waals surface area contributed by atoms with Crippen LogP contribution in [0.25, 0.3) is 0 Å². The molecule has 1 fully saturated rings. The normalized spacial score (nSPS) is 15.4. The predicted octanol–water partition coefficient (Wildman–Crippen LogP) is 4.70. The van der Waals surface area contributed by atoms with Crippen LogP contribution in [0.15, 0.2) is 46.2 Å². The number of aryl methyl sites for hydroxylation is 2. The van der Waals surface area contributed by atoms with Gasteiger partial charge in [-0.1, -0.05) is 25.1 Å². The van der Waals surface area contributed by atoms with Gasteiger partial charge in [0.25, 0.3) is 15.9 Å². The minimum absolute atomic E-state index is 0.0922. The number of amides is 1. The maximum atomic E-state index is 13.1. The molecule has 1 N–H and O–H groups in total. The van der Waals surface area contributed by atoms with Gasteiger partial charge in [-0.25, -0.2) is 8.42 Å². The molecule has 0 aliphatic carbocycles. The van der Waals surface area contributed by atoms with Crippen LogP contribution in [0.4, 0.5) is 5.69 Å². The molecule has 156 valence electrons. The van der Waals surface area contributed by atoms with Crippen LogP contribution in [0.2, 0.25) is 0 Å². The van der Waals surface area contributed by atoms with Gasteiger partial charge in [0.15, 0.2) is 0 Å². The number of thioether (sulfide) groups is 1. The average molecular weight is 433 g/mol. The molecule has 3 rings (SSSR count). The van der Waals surface area contributed by atoms with Crippen LogP contribution < -0.4 is 4.72 Å². The molecule has 29 heavy (non-hydrogen) atoms. The Morgan fingerprint density at radius 3 is 2.31 bits per heavy atom. The van der Waals surface area contributed by atoms with E-state index in [-0.39, 0.29) is 10.8 Å². The number of carbonyl (C=O) groups is 1. The molecule has 1 aliphatic rings. The van der Waals surface area contributed by atoms with Crippen molar-refractivity contribution in [1.29, 1.82) is 0 Å². The SMILES string of the molecule is CSc1ccc(S(=O)(=O)Nc2c(C)cccc2C)cc1C(=O)N1CCC(C)CC1. The molecule has 7 heteroatoms. The summed E-state index contributed by atoms with van der Waals surface area (Å²) in [4.78, 5) is 15.9. The number of nitrogens with one attached hydrogen (secondary N) is 1. The molecule has 5 nitrogen and oxygen atoms in total. The fourth-order valence-electron chi connectivity index (χ4n) is 3.57. The Balaban J connectivity index is 1.94. The van der Waals surface area contributed by atoms with Crippen molar-refractivity contribution in [2.75, 3.05) is 24.1 Å². The van der Waals surface area contributed by atoms with Crippen molar-refractivity contribution in [2.24, 2.45) is 5.92 Å². The molecule has 1 saturated heterocycles. The second-order valence-electron chi connectivity index (χ2n) is 7.71. The maximum absolute atomic E-state index is 13.1. The molecule has 1 aliphatic heterocycles. The average Bonchev–Trinajstić information content (AvgIpc) is 2.70. The Bertz CT molecular complexity index is 990. The van der Waals surface area contributed by atoms with Crippen molar-refractivity contribution in [3.63, 3.8) is 0 Å². The van der Waals surface area contributed by atoms with E-state index in [1.54, 1.807) is 12.1 Å². The van der Waals surface area contributed by atoms with Gasteiger partial charge in [-0.05, 0) is 68.2 Å². The summed E-state index contributed by atoms with van der Waals surface area (Å²) in [6, 6.07) is 10.4. The molecule has 0 bridgehead atoms. The predicted molar refractivity (Wildman–Crippen MR) is 119 cm³/mol. The fourth-order valence-corrected chi connectivity index (χ4v) is 5.37. The topological polar surface area (TPSA) is 66.5 Å². The summed E-state index contributed by atoms with van der Waals surface area (Å²) in [5.74, 6) is 0.526. The lowest BCUT2D eigenvalue weighted by Crippen LogP contribution is -2.38. The summed E-state index contributed by atoms with van der Waals surface area (Å²) in [6.45, 7) is 7.36. The van der Waals surface area contributed by atoms with Gasteiger partial charge < -0.3 is 4.90 Å². The summed E-state index contributed by atoms with van der Waals surface area (Å²) in [7, 11) is -3.81. The second-order valence-corrected chi connectivity index (χ2v) is 10.2. The first kappa shape index (κ1) is 21.7. The van der Waals surface area contributed by atoms with E-state index in [9.17, 15) is 13.2 Å². The monoisotopic (exact) mass is 432 g/mol. The zero-order valence-electron chi connectivity index (χ0n) is 17.4. The zero-order chi connectivity index (χ0) is 21.2. The van der Waals surface area contributed by atoms with E-state index in [2.05, 4.69) is 11.6 Å². The van der Waals surface area contributed by atoms with E-state index in [0.717, 1.165) is 28.9 Å². The number of para-hydroxylation sites is 1. The maximum Gasteiger partial charge on any atom is 0.261 e. The van der Waals surface area contributed by atoms with E-state index in [0.29, 0.717) is 30.3 Å². The first-order chi connectivity index (χ1) is 13.7. The molecule has 0 radical (unpaired) electrons. The molecule has 1 heterocycles. The first-order valence-electron chi connectivity index (χ1n) is 9.79. The Hall–Kier alpha value is -1.99. The lowest BCUT2D eigenvalue weighted by Gasteiger charge is -2.30. The standard InChI is InChI=1S/C22H28N2O3S2/c1-15-10-12-24(13-11-15)22(25)19-14-18(8-9-20(19)28-4)29(26,27)23-21-16(2)6-5-7-17(21)3/h5-9,14-15,23H,10-13H2,1-4H3. The summed E-state index contributed by atoms with van der Waals surface area (Å²) in [5.41, 5.74) is 2.75. The van der Waals surface area contributed by atoms with Gasteiger partial charge in [0.05, 0.1) is 16.1 Å². The third-order valence-electron chi connectivity index (χ3n) is 5.50. The summed E-state index contributed by atoms with van der Waals surface area (Å²) in [6.07, 6.45) is 3.85. The minimum Gasteiger partial charge on any atom is -0.339 e. The molecule has 0 unspecified atom stereocenters. The molecule has 0 saturated carbocycles. The number of likely N-dealkylation sites (tertiary alicyclic amines) is 1. The lowest BCUT2D eigenvalue weighted by atomic mass is 9.98. The highest BCUT2D eigenvalue weighted by atomic mass is 32.2. The number of carbonyl (C=O) groups excluding carboxylic acids is 1. The van der Waals surface area contributed by atoms with Crippen LogP contribution in [-0.2, 0) is 10.0 Å². The van der Waals surface area contributed by atoms with E-state index < -0.39 is 10.0 Å². The van der Waals surface area contributed by atoms with Crippen LogP contribution in [0.5, 0.6) is 0 Å². The number of sulfonamides is 1. The molecular formula is C22H28N2O3S2. The van der Waals surface area contributed by atoms with Gasteiger partial charge in [0, 0.05) is 18.0 Å². The number of anilines is 1. The Kier molecular flexibility index (Phi) is 6.58. The summed E-state index contributed by atoms with van der Waals surface area (Å²) < 4.78 is 28.8. The fraction of sp³-hybridized carbons (Fsp3) is 0.409. The molecule has 0 spiro atoms. The van der Waals surface area contributed by atoms with E-state index in [1.165, 1.54) is 17.8 Å². The molecular weight excluding hydrogens is 404 g/mol. The third kappa shape index (κ3) is 4.78. The van der Waals surface area contributed by atoms with Crippen LogP contribution in [0, 0.1) is 19.8 Å². The molecule has 2 aromatic carbocycles. The molecule has 0 aromatic heterocycles. The highest BCUT2D eigenvalue weighted by Crippen LogP contribution is 2.29. The van der Waals surface area contributed by atoms with E-state index in [1.807, 2.05) is 43.2 Å². The summed E-state index contributed by atoms with van der Waals surface area (Å²) in [5, 5.41) is 0. The first-order valence-corrected chi connectivity index (χ1v) is 12.5. The van der Waals surface area contributed by atoms with E-state index in [4.69, 9.17) is 0 Å². The number of hydrogen-bond donors (Lipinski definition) is 1. The largest absolute Gasteiger partial charge is 0.339 e. The van der Waals surface area contributed by atoms with Crippen molar-refractivity contribution < 1.29 is 13.2 Å². The lowest BCUT2D eigenvalue weighted by molar-refractivity contribution is 0.0693. The zero-order valence-corrected chi connectivity index (χ0v) is 19.0. The van der Waals surface area contributed by atoms with Gasteiger partial charge in [-0.2, -0.15) is 0 Å². The molecule has 0 atom stereocenters. The van der Waals surface area contributed by atoms with E-state index >= 15 is 0 Å². The Labute approximate surface area is 177 Å². The third-order valence-corrected chi connectivity index (χ3v) is 7.64. The highest BCUT2D eigenvalue weighted by Gasteiger charge is 2.25. The van der Waals surface area contributed by atoms with Crippen molar-refractivity contribution in [3.05, 3.63) is 53.1 Å². The quantitative estimate of drug-likeness (QED) is 0.696. The summed E-state index contributed by atoms with van der Waals surface area (Å²) >= 11 is 1.45. The molecule has 2 aromatic rings. The van der Waals surface area contributed by atoms with Gasteiger partial charge >= 0.3 is 0 Å². The van der Waals surface area contributed by atoms with Gasteiger partial charge in [0.1, 0.15) is 0 Å². The van der Waals surface area contributed by atoms with Gasteiger partial charge in [-0.15, -0.1) is 11.8 Å². The smallest absolute Gasteiger partial charge is 0.261 e. The Morgan fingerprint density at radius 2 is 1.72 bits per heavy atom. The number of hydrogen-bond acceptors (Lipinski definition) is 4. The second kappa shape index (κ2) is 8.79. The molecule has 1 amide bonds. The number of rotatable bonds is 5. The Morgan fingerprint density at radius 1 is 1.10 bits per heavy atom. The van der Waals surface area contributed by atoms with Crippen molar-refractivity contribution in [2.45, 2.75) is 43.4 Å². The van der Waals surface area contributed by atoms with Crippen LogP contribution in [-0.4, -0.2) is 38.6 Å². The van der Waals surface area contributed by atoms with Crippen molar-refractivity contribution in [3.8, 4) is 0 Å².